The van der Waals surface area contributed by atoms with Crippen molar-refractivity contribution in [1.29, 1.82) is 0 Å². The predicted octanol–water partition coefficient (Wildman–Crippen LogP) is 2.15. The van der Waals surface area contributed by atoms with Crippen molar-refractivity contribution >= 4 is 17.8 Å². The molecule has 6 heteroatoms. The lowest BCUT2D eigenvalue weighted by atomic mass is 10.2. The van der Waals surface area contributed by atoms with Gasteiger partial charge in [0.1, 0.15) is 5.82 Å². The molecule has 0 atom stereocenters. The van der Waals surface area contributed by atoms with Crippen molar-refractivity contribution in [3.63, 3.8) is 0 Å². The molecule has 0 amide bonds. The summed E-state index contributed by atoms with van der Waals surface area (Å²) in [5, 5.41) is 0. The van der Waals surface area contributed by atoms with Crippen molar-refractivity contribution in [2.24, 2.45) is 0 Å². The van der Waals surface area contributed by atoms with Crippen LogP contribution in [0.15, 0.2) is 48.7 Å². The topological polar surface area (TPSA) is 44.7 Å². The number of hydrogen-bond acceptors (Lipinski definition) is 6. The maximum absolute atomic E-state index is 5.43. The van der Waals surface area contributed by atoms with Crippen molar-refractivity contribution < 1.29 is 4.74 Å². The van der Waals surface area contributed by atoms with Gasteiger partial charge in [0, 0.05) is 52.0 Å². The van der Waals surface area contributed by atoms with E-state index in [1.54, 1.807) is 0 Å². The van der Waals surface area contributed by atoms with Gasteiger partial charge in [-0.05, 0) is 11.6 Å². The van der Waals surface area contributed by atoms with Crippen molar-refractivity contribution in [2.75, 3.05) is 68.8 Å². The van der Waals surface area contributed by atoms with Gasteiger partial charge in [-0.1, -0.05) is 42.5 Å². The normalized spacial score (nSPS) is 19.0. The van der Waals surface area contributed by atoms with Crippen molar-refractivity contribution in [2.45, 2.75) is 0 Å². The fourth-order valence-electron chi connectivity index (χ4n) is 3.49. The summed E-state index contributed by atoms with van der Waals surface area (Å²) in [6, 6.07) is 12.5. The molecule has 0 bridgehead atoms. The molecule has 0 N–H and O–H groups in total. The number of anilines is 2. The Kier molecular flexibility index (Phi) is 5.96. The van der Waals surface area contributed by atoms with Gasteiger partial charge in [0.25, 0.3) is 0 Å². The van der Waals surface area contributed by atoms with E-state index in [1.807, 2.05) is 18.3 Å². The summed E-state index contributed by atoms with van der Waals surface area (Å²) >= 11 is 0. The van der Waals surface area contributed by atoms with Gasteiger partial charge in [-0.2, -0.15) is 4.98 Å². The van der Waals surface area contributed by atoms with E-state index in [9.17, 15) is 0 Å². The molecule has 3 heterocycles. The monoisotopic (exact) mass is 365 g/mol. The van der Waals surface area contributed by atoms with E-state index in [4.69, 9.17) is 9.72 Å². The Morgan fingerprint density at radius 1 is 0.889 bits per heavy atom. The second-order valence-electron chi connectivity index (χ2n) is 6.91. The van der Waals surface area contributed by atoms with Gasteiger partial charge in [0.2, 0.25) is 5.95 Å². The van der Waals surface area contributed by atoms with E-state index in [0.29, 0.717) is 0 Å². The number of hydrogen-bond donors (Lipinski definition) is 0. The Hall–Kier alpha value is -2.44. The first-order valence-electron chi connectivity index (χ1n) is 9.73. The van der Waals surface area contributed by atoms with Gasteiger partial charge in [-0.15, -0.1) is 0 Å². The quantitative estimate of drug-likeness (QED) is 0.809. The molecular formula is C21H27N5O. The third-order valence-electron chi connectivity index (χ3n) is 5.09. The first-order valence-corrected chi connectivity index (χ1v) is 9.73. The zero-order chi connectivity index (χ0) is 18.3. The fraction of sp³-hybridized carbons (Fsp3) is 0.429. The lowest BCUT2D eigenvalue weighted by Gasteiger charge is -2.34. The Balaban J connectivity index is 1.29. The first kappa shape index (κ1) is 17.9. The molecule has 0 radical (unpaired) electrons. The fourth-order valence-corrected chi connectivity index (χ4v) is 3.49. The van der Waals surface area contributed by atoms with Crippen LogP contribution >= 0.6 is 0 Å². The molecular weight excluding hydrogens is 338 g/mol. The van der Waals surface area contributed by atoms with Crippen LogP contribution in [-0.2, 0) is 4.74 Å². The van der Waals surface area contributed by atoms with Crippen LogP contribution in [0.4, 0.5) is 11.8 Å². The number of rotatable bonds is 5. The Bertz CT molecular complexity index is 737. The maximum atomic E-state index is 5.43. The van der Waals surface area contributed by atoms with Crippen LogP contribution < -0.4 is 9.80 Å². The number of benzene rings is 1. The molecule has 142 valence electrons. The molecule has 4 rings (SSSR count). The van der Waals surface area contributed by atoms with Crippen LogP contribution in [-0.4, -0.2) is 73.9 Å². The Morgan fingerprint density at radius 2 is 1.67 bits per heavy atom. The average molecular weight is 365 g/mol. The molecule has 2 saturated heterocycles. The van der Waals surface area contributed by atoms with Gasteiger partial charge in [-0.3, -0.25) is 4.90 Å². The molecule has 27 heavy (non-hydrogen) atoms. The van der Waals surface area contributed by atoms with Gasteiger partial charge in [0.15, 0.2) is 0 Å². The summed E-state index contributed by atoms with van der Waals surface area (Å²) in [5.74, 6) is 1.86. The van der Waals surface area contributed by atoms with Gasteiger partial charge >= 0.3 is 0 Å². The summed E-state index contributed by atoms with van der Waals surface area (Å²) in [4.78, 5) is 16.4. The predicted molar refractivity (Wildman–Crippen MR) is 109 cm³/mol. The summed E-state index contributed by atoms with van der Waals surface area (Å²) in [5.41, 5.74) is 1.25. The van der Waals surface area contributed by atoms with Crippen LogP contribution in [0.1, 0.15) is 5.56 Å². The van der Waals surface area contributed by atoms with E-state index in [2.05, 4.69) is 56.1 Å². The SMILES string of the molecule is C(=C\c1ccccc1)/CN1CCN(c2nccc(N3CCOCC3)n2)CC1. The minimum Gasteiger partial charge on any atom is -0.378 e. The lowest BCUT2D eigenvalue weighted by Crippen LogP contribution is -2.47. The first-order chi connectivity index (χ1) is 13.4. The third-order valence-corrected chi connectivity index (χ3v) is 5.09. The van der Waals surface area contributed by atoms with Crippen molar-refractivity contribution in [3.05, 3.63) is 54.2 Å². The lowest BCUT2D eigenvalue weighted by molar-refractivity contribution is 0.122. The highest BCUT2D eigenvalue weighted by atomic mass is 16.5. The van der Waals surface area contributed by atoms with Gasteiger partial charge < -0.3 is 14.5 Å². The van der Waals surface area contributed by atoms with Gasteiger partial charge in [-0.25, -0.2) is 4.98 Å². The van der Waals surface area contributed by atoms with Crippen LogP contribution in [0.5, 0.6) is 0 Å². The number of ether oxygens (including phenoxy) is 1. The molecule has 0 unspecified atom stereocenters. The third kappa shape index (κ3) is 4.84. The average Bonchev–Trinajstić information content (AvgIpc) is 2.76. The molecule has 2 aliphatic heterocycles. The molecule has 1 aromatic carbocycles. The van der Waals surface area contributed by atoms with E-state index >= 15 is 0 Å². The second kappa shape index (κ2) is 8.97. The zero-order valence-electron chi connectivity index (χ0n) is 15.7. The molecule has 1 aromatic heterocycles. The summed E-state index contributed by atoms with van der Waals surface area (Å²) in [6.07, 6.45) is 6.32. The van der Waals surface area contributed by atoms with E-state index < -0.39 is 0 Å². The smallest absolute Gasteiger partial charge is 0.227 e. The van der Waals surface area contributed by atoms with E-state index in [0.717, 1.165) is 70.8 Å². The molecule has 0 aliphatic carbocycles. The minimum absolute atomic E-state index is 0.772. The Morgan fingerprint density at radius 3 is 2.44 bits per heavy atom. The Labute approximate surface area is 161 Å². The van der Waals surface area contributed by atoms with Crippen LogP contribution in [0.2, 0.25) is 0 Å². The maximum Gasteiger partial charge on any atom is 0.227 e. The van der Waals surface area contributed by atoms with Crippen molar-refractivity contribution in [1.82, 2.24) is 14.9 Å². The molecule has 0 saturated carbocycles. The number of nitrogens with zero attached hydrogens (tertiary/aromatic N) is 5. The van der Waals surface area contributed by atoms with Crippen molar-refractivity contribution in [3.8, 4) is 0 Å². The summed E-state index contributed by atoms with van der Waals surface area (Å²) < 4.78 is 5.43. The highest BCUT2D eigenvalue weighted by Gasteiger charge is 2.20. The highest BCUT2D eigenvalue weighted by molar-refractivity contribution is 5.49. The number of aromatic nitrogens is 2. The van der Waals surface area contributed by atoms with Crippen LogP contribution in [0.25, 0.3) is 6.08 Å². The van der Waals surface area contributed by atoms with Crippen LogP contribution in [0.3, 0.4) is 0 Å². The number of piperazine rings is 1. The molecule has 6 nitrogen and oxygen atoms in total. The minimum atomic E-state index is 0.772. The van der Waals surface area contributed by atoms with Crippen LogP contribution in [0, 0.1) is 0 Å². The summed E-state index contributed by atoms with van der Waals surface area (Å²) in [7, 11) is 0. The highest BCUT2D eigenvalue weighted by Crippen LogP contribution is 2.17. The molecule has 0 spiro atoms. The molecule has 2 aromatic rings. The summed E-state index contributed by atoms with van der Waals surface area (Å²) in [6.45, 7) is 8.32. The van der Waals surface area contributed by atoms with Gasteiger partial charge in [0.05, 0.1) is 13.2 Å². The van der Waals surface area contributed by atoms with E-state index in [1.165, 1.54) is 5.56 Å². The standard InChI is InChI=1S/C21H27N5O/c1-2-5-19(6-3-1)7-4-10-24-11-13-26(14-12-24)21-22-9-8-20(23-21)25-15-17-27-18-16-25/h1-9H,10-18H2/b7-4+. The largest absolute Gasteiger partial charge is 0.378 e. The zero-order valence-corrected chi connectivity index (χ0v) is 15.7. The number of morpholine rings is 1. The van der Waals surface area contributed by atoms with E-state index in [-0.39, 0.29) is 0 Å². The molecule has 2 aliphatic rings. The molecule has 2 fully saturated rings. The second-order valence-corrected chi connectivity index (χ2v) is 6.91.